The molecule has 1 amide bonds. The smallest absolute Gasteiger partial charge is 0.330 e. The molecule has 2 rings (SSSR count). The SMILES string of the molecule is C=CCSCCC1(C)S[C@@H]2CC(=O)N2[C@H]1C(=O)OCCN(C)C. The zero-order chi connectivity index (χ0) is 17.0. The summed E-state index contributed by atoms with van der Waals surface area (Å²) >= 11 is 3.56. The van der Waals surface area contributed by atoms with Gasteiger partial charge in [0.25, 0.3) is 0 Å². The fraction of sp³-hybridized carbons (Fsp3) is 0.750. The Bertz CT molecular complexity index is 472. The van der Waals surface area contributed by atoms with Gasteiger partial charge in [-0.2, -0.15) is 11.8 Å². The fourth-order valence-corrected chi connectivity index (χ4v) is 5.68. The number of ether oxygens (including phenoxy) is 1. The van der Waals surface area contributed by atoms with Crippen molar-refractivity contribution >= 4 is 35.4 Å². The number of carbonyl (C=O) groups is 2. The van der Waals surface area contributed by atoms with Gasteiger partial charge in [-0.1, -0.05) is 6.08 Å². The quantitative estimate of drug-likeness (QED) is 0.271. The van der Waals surface area contributed by atoms with Crippen molar-refractivity contribution in [3.63, 3.8) is 0 Å². The van der Waals surface area contributed by atoms with Crippen LogP contribution in [-0.4, -0.2) is 76.6 Å². The summed E-state index contributed by atoms with van der Waals surface area (Å²) in [6.07, 6.45) is 3.31. The van der Waals surface area contributed by atoms with Crippen LogP contribution in [0.15, 0.2) is 12.7 Å². The number of carbonyl (C=O) groups excluding carboxylic acids is 2. The lowest BCUT2D eigenvalue weighted by Crippen LogP contribution is -2.58. The van der Waals surface area contributed by atoms with E-state index in [1.165, 1.54) is 0 Å². The van der Waals surface area contributed by atoms with Crippen LogP contribution in [0.3, 0.4) is 0 Å². The second-order valence-electron chi connectivity index (χ2n) is 6.38. The van der Waals surface area contributed by atoms with Gasteiger partial charge in [0.1, 0.15) is 12.6 Å². The lowest BCUT2D eigenvalue weighted by atomic mass is 9.94. The average Bonchev–Trinajstić information content (AvgIpc) is 2.71. The van der Waals surface area contributed by atoms with Crippen molar-refractivity contribution in [3.05, 3.63) is 12.7 Å². The Labute approximate surface area is 147 Å². The highest BCUT2D eigenvalue weighted by Gasteiger charge is 2.60. The summed E-state index contributed by atoms with van der Waals surface area (Å²) in [5.74, 6) is 1.67. The first-order valence-corrected chi connectivity index (χ1v) is 9.91. The summed E-state index contributed by atoms with van der Waals surface area (Å²) < 4.78 is 5.19. The van der Waals surface area contributed by atoms with E-state index in [2.05, 4.69) is 13.5 Å². The highest BCUT2D eigenvalue weighted by Crippen LogP contribution is 2.53. The van der Waals surface area contributed by atoms with Crippen LogP contribution < -0.4 is 0 Å². The third-order valence-electron chi connectivity index (χ3n) is 4.19. The average molecular weight is 359 g/mol. The Morgan fingerprint density at radius 2 is 2.35 bits per heavy atom. The van der Waals surface area contributed by atoms with Crippen LogP contribution in [0.4, 0.5) is 0 Å². The molecule has 0 aromatic heterocycles. The van der Waals surface area contributed by atoms with Crippen molar-refractivity contribution in [2.75, 3.05) is 38.8 Å². The van der Waals surface area contributed by atoms with Crippen LogP contribution in [0.1, 0.15) is 19.8 Å². The minimum absolute atomic E-state index is 0.0690. The highest BCUT2D eigenvalue weighted by molar-refractivity contribution is 8.02. The molecule has 5 nitrogen and oxygen atoms in total. The van der Waals surface area contributed by atoms with Gasteiger partial charge >= 0.3 is 5.97 Å². The molecule has 1 unspecified atom stereocenters. The standard InChI is InChI=1S/C16H26N2O3S2/c1-5-9-22-10-6-16(2)14(15(20)21-8-7-17(3)4)18-12(19)11-13(18)23-16/h5,13-14H,1,6-11H2,2-4H3/t13-,14+,16?/m1/s1. The molecule has 0 aromatic rings. The van der Waals surface area contributed by atoms with Crippen molar-refractivity contribution in [3.8, 4) is 0 Å². The maximum atomic E-state index is 12.6. The summed E-state index contributed by atoms with van der Waals surface area (Å²) in [6.45, 7) is 6.87. The van der Waals surface area contributed by atoms with E-state index in [1.807, 2.05) is 25.1 Å². The zero-order valence-electron chi connectivity index (χ0n) is 14.1. The number of nitrogens with zero attached hydrogens (tertiary/aromatic N) is 2. The van der Waals surface area contributed by atoms with Crippen LogP contribution in [0.2, 0.25) is 0 Å². The molecular formula is C16H26N2O3S2. The predicted molar refractivity (Wildman–Crippen MR) is 96.7 cm³/mol. The van der Waals surface area contributed by atoms with Crippen LogP contribution in [0.25, 0.3) is 0 Å². The second kappa shape index (κ2) is 7.94. The molecule has 23 heavy (non-hydrogen) atoms. The van der Waals surface area contributed by atoms with Crippen LogP contribution in [0, 0.1) is 0 Å². The number of esters is 1. The Morgan fingerprint density at radius 3 is 2.96 bits per heavy atom. The molecule has 2 aliphatic heterocycles. The second-order valence-corrected chi connectivity index (χ2v) is 9.24. The van der Waals surface area contributed by atoms with E-state index in [4.69, 9.17) is 4.74 Å². The van der Waals surface area contributed by atoms with E-state index < -0.39 is 6.04 Å². The molecule has 2 saturated heterocycles. The van der Waals surface area contributed by atoms with Crippen LogP contribution in [-0.2, 0) is 14.3 Å². The Kier molecular flexibility index (Phi) is 6.45. The minimum Gasteiger partial charge on any atom is -0.463 e. The van der Waals surface area contributed by atoms with Gasteiger partial charge in [-0.3, -0.25) is 4.79 Å². The number of fused-ring (bicyclic) bond motifs is 1. The third-order valence-corrected chi connectivity index (χ3v) is 6.79. The molecular weight excluding hydrogens is 332 g/mol. The first-order valence-electron chi connectivity index (χ1n) is 7.88. The van der Waals surface area contributed by atoms with Gasteiger partial charge in [0.05, 0.1) is 11.8 Å². The molecule has 0 radical (unpaired) electrons. The summed E-state index contributed by atoms with van der Waals surface area (Å²) in [5.41, 5.74) is 0. The van der Waals surface area contributed by atoms with E-state index in [1.54, 1.807) is 28.4 Å². The monoisotopic (exact) mass is 358 g/mol. The number of rotatable bonds is 9. The molecule has 0 spiro atoms. The normalized spacial score (nSPS) is 29.4. The fourth-order valence-electron chi connectivity index (χ4n) is 2.89. The Morgan fingerprint density at radius 1 is 1.61 bits per heavy atom. The zero-order valence-corrected chi connectivity index (χ0v) is 15.8. The minimum atomic E-state index is -0.453. The van der Waals surface area contributed by atoms with Gasteiger partial charge in [-0.25, -0.2) is 4.79 Å². The van der Waals surface area contributed by atoms with Crippen LogP contribution in [0.5, 0.6) is 0 Å². The van der Waals surface area contributed by atoms with E-state index >= 15 is 0 Å². The summed E-state index contributed by atoms with van der Waals surface area (Å²) in [7, 11) is 3.88. The number of thioether (sulfide) groups is 2. The van der Waals surface area contributed by atoms with Crippen molar-refractivity contribution < 1.29 is 14.3 Å². The lowest BCUT2D eigenvalue weighted by Gasteiger charge is -2.37. The molecule has 2 aliphatic rings. The van der Waals surface area contributed by atoms with Gasteiger partial charge in [-0.15, -0.1) is 18.3 Å². The number of β-lactam (4-membered cyclic amide) rings is 1. The molecule has 7 heteroatoms. The molecule has 0 aliphatic carbocycles. The first-order chi connectivity index (χ1) is 10.9. The molecule has 0 bridgehead atoms. The predicted octanol–water partition coefficient (Wildman–Crippen LogP) is 1.83. The largest absolute Gasteiger partial charge is 0.463 e. The van der Waals surface area contributed by atoms with Gasteiger partial charge < -0.3 is 14.5 Å². The molecule has 0 N–H and O–H groups in total. The number of amides is 1. The van der Waals surface area contributed by atoms with Gasteiger partial charge in [0.2, 0.25) is 5.91 Å². The number of hydrogen-bond donors (Lipinski definition) is 0. The van der Waals surface area contributed by atoms with Crippen molar-refractivity contribution in [1.82, 2.24) is 9.80 Å². The third kappa shape index (κ3) is 4.25. The molecule has 130 valence electrons. The summed E-state index contributed by atoms with van der Waals surface area (Å²) in [5, 5.41) is 0.142. The molecule has 2 fully saturated rings. The molecule has 0 saturated carbocycles. The van der Waals surface area contributed by atoms with Gasteiger partial charge in [-0.05, 0) is 33.2 Å². The molecule has 2 heterocycles. The molecule has 3 atom stereocenters. The first kappa shape index (κ1) is 18.7. The maximum absolute atomic E-state index is 12.6. The molecule has 0 aromatic carbocycles. The number of hydrogen-bond acceptors (Lipinski definition) is 6. The van der Waals surface area contributed by atoms with Crippen molar-refractivity contribution in [2.45, 2.75) is 35.9 Å². The lowest BCUT2D eigenvalue weighted by molar-refractivity contribution is -0.161. The topological polar surface area (TPSA) is 49.9 Å². The van der Waals surface area contributed by atoms with Crippen LogP contribution >= 0.6 is 23.5 Å². The van der Waals surface area contributed by atoms with E-state index in [0.29, 0.717) is 19.6 Å². The van der Waals surface area contributed by atoms with Crippen molar-refractivity contribution in [1.29, 1.82) is 0 Å². The summed E-state index contributed by atoms with van der Waals surface area (Å²) in [4.78, 5) is 28.3. The Hall–Kier alpha value is -0.660. The van der Waals surface area contributed by atoms with Crippen molar-refractivity contribution in [2.24, 2.45) is 0 Å². The van der Waals surface area contributed by atoms with Gasteiger partial charge in [0.15, 0.2) is 0 Å². The van der Waals surface area contributed by atoms with E-state index in [0.717, 1.165) is 17.9 Å². The van der Waals surface area contributed by atoms with Gasteiger partial charge in [0, 0.05) is 17.0 Å². The Balaban J connectivity index is 1.99. The van der Waals surface area contributed by atoms with E-state index in [-0.39, 0.29) is 22.0 Å². The highest BCUT2D eigenvalue weighted by atomic mass is 32.2. The summed E-state index contributed by atoms with van der Waals surface area (Å²) in [6, 6.07) is -0.453. The number of likely N-dealkylation sites (N-methyl/N-ethyl adjacent to an activating group) is 1. The van der Waals surface area contributed by atoms with E-state index in [9.17, 15) is 9.59 Å². The maximum Gasteiger partial charge on any atom is 0.330 e.